The molecule has 0 radical (unpaired) electrons. The van der Waals surface area contributed by atoms with E-state index in [1.165, 1.54) is 0 Å². The summed E-state index contributed by atoms with van der Waals surface area (Å²) in [6, 6.07) is 21.6. The molecule has 0 aliphatic rings. The zero-order valence-electron chi connectivity index (χ0n) is 23.5. The molecule has 0 bridgehead atoms. The number of carbonyl (C=O) groups excluding carboxylic acids is 1. The average molecular weight is 547 g/mol. The molecule has 3 aromatic heterocycles. The van der Waals surface area contributed by atoms with E-state index >= 15 is 0 Å². The summed E-state index contributed by atoms with van der Waals surface area (Å²) in [5.41, 5.74) is 4.65. The number of urea groups is 1. The lowest BCUT2D eigenvalue weighted by atomic mass is 9.92. The van der Waals surface area contributed by atoms with Crippen molar-refractivity contribution in [3.8, 4) is 34.6 Å². The van der Waals surface area contributed by atoms with Gasteiger partial charge < -0.3 is 10.1 Å². The van der Waals surface area contributed by atoms with Crippen molar-refractivity contribution in [3.63, 3.8) is 0 Å². The van der Waals surface area contributed by atoms with Gasteiger partial charge in [0.05, 0.1) is 28.7 Å². The summed E-state index contributed by atoms with van der Waals surface area (Å²) in [5.74, 6) is 1.77. The molecule has 0 fully saturated rings. The van der Waals surface area contributed by atoms with Crippen LogP contribution in [0.5, 0.6) is 11.5 Å². The minimum atomic E-state index is -0.426. The standard InChI is InChI=1S/C31H30N8O2/c1-20-15-22(9-10-27(20)41-24-11-13-33-26(17-24)25-12-14-38(5)36-25)34-30(40)35-29-18-28(31(2,3)4)37-39(29)23-8-6-7-21(16-23)19-32/h6-18H,1-5H3,(H2,34,35,40). The Kier molecular flexibility index (Phi) is 7.27. The van der Waals surface area contributed by atoms with E-state index in [4.69, 9.17) is 9.84 Å². The lowest BCUT2D eigenvalue weighted by molar-refractivity contribution is 0.262. The Morgan fingerprint density at radius 2 is 1.80 bits per heavy atom. The Morgan fingerprint density at radius 1 is 0.976 bits per heavy atom. The number of hydrogen-bond donors (Lipinski definition) is 2. The molecule has 41 heavy (non-hydrogen) atoms. The predicted molar refractivity (Wildman–Crippen MR) is 157 cm³/mol. The van der Waals surface area contributed by atoms with Gasteiger partial charge >= 0.3 is 6.03 Å². The molecule has 5 rings (SSSR count). The summed E-state index contributed by atoms with van der Waals surface area (Å²) in [4.78, 5) is 17.4. The van der Waals surface area contributed by atoms with Crippen LogP contribution in [0.3, 0.4) is 0 Å². The lowest BCUT2D eigenvalue weighted by Crippen LogP contribution is -2.21. The van der Waals surface area contributed by atoms with Crippen molar-refractivity contribution < 1.29 is 9.53 Å². The van der Waals surface area contributed by atoms with Crippen molar-refractivity contribution in [2.45, 2.75) is 33.1 Å². The minimum absolute atomic E-state index is 0.245. The first kappa shape index (κ1) is 27.1. The Labute approximate surface area is 238 Å². The van der Waals surface area contributed by atoms with Crippen molar-refractivity contribution in [2.75, 3.05) is 10.6 Å². The van der Waals surface area contributed by atoms with Crippen molar-refractivity contribution in [3.05, 3.63) is 95.9 Å². The number of hydrogen-bond acceptors (Lipinski definition) is 6. The number of carbonyl (C=O) groups is 1. The number of nitrogens with one attached hydrogen (secondary N) is 2. The summed E-state index contributed by atoms with van der Waals surface area (Å²) >= 11 is 0. The Balaban J connectivity index is 1.32. The zero-order valence-corrected chi connectivity index (χ0v) is 23.5. The van der Waals surface area contributed by atoms with Crippen molar-refractivity contribution >= 4 is 17.5 Å². The summed E-state index contributed by atoms with van der Waals surface area (Å²) in [5, 5.41) is 24.2. The Hall–Kier alpha value is -5.43. The highest BCUT2D eigenvalue weighted by Crippen LogP contribution is 2.30. The fourth-order valence-corrected chi connectivity index (χ4v) is 4.15. The number of anilines is 2. The molecule has 0 unspecified atom stereocenters. The van der Waals surface area contributed by atoms with Gasteiger partial charge in [-0.3, -0.25) is 15.0 Å². The normalized spacial score (nSPS) is 11.1. The molecule has 2 N–H and O–H groups in total. The molecule has 2 amide bonds. The molecule has 0 atom stereocenters. The van der Waals surface area contributed by atoms with Crippen LogP contribution < -0.4 is 15.4 Å². The molecule has 2 aromatic carbocycles. The average Bonchev–Trinajstić information content (AvgIpc) is 3.57. The van der Waals surface area contributed by atoms with E-state index in [0.29, 0.717) is 39.9 Å². The largest absolute Gasteiger partial charge is 0.457 e. The van der Waals surface area contributed by atoms with Gasteiger partial charge in [-0.05, 0) is 61.0 Å². The third-order valence-corrected chi connectivity index (χ3v) is 6.31. The number of aromatic nitrogens is 5. The highest BCUT2D eigenvalue weighted by Gasteiger charge is 2.22. The van der Waals surface area contributed by atoms with Gasteiger partial charge in [-0.1, -0.05) is 26.8 Å². The van der Waals surface area contributed by atoms with Crippen LogP contribution in [-0.2, 0) is 12.5 Å². The third kappa shape index (κ3) is 6.25. The van der Waals surface area contributed by atoms with Crippen LogP contribution in [0.1, 0.15) is 37.6 Å². The van der Waals surface area contributed by atoms with Gasteiger partial charge in [0, 0.05) is 42.7 Å². The van der Waals surface area contributed by atoms with E-state index < -0.39 is 6.03 Å². The van der Waals surface area contributed by atoms with E-state index in [-0.39, 0.29) is 5.41 Å². The van der Waals surface area contributed by atoms with Gasteiger partial charge in [0.1, 0.15) is 23.0 Å². The second-order valence-electron chi connectivity index (χ2n) is 10.7. The monoisotopic (exact) mass is 546 g/mol. The summed E-state index contributed by atoms with van der Waals surface area (Å²) in [7, 11) is 1.86. The fraction of sp³-hybridized carbons (Fsp3) is 0.194. The topological polar surface area (TPSA) is 123 Å². The quantitative estimate of drug-likeness (QED) is 0.248. The number of ether oxygens (including phenoxy) is 1. The minimum Gasteiger partial charge on any atom is -0.457 e. The number of nitriles is 1. The van der Waals surface area contributed by atoms with Crippen LogP contribution in [0.25, 0.3) is 17.1 Å². The van der Waals surface area contributed by atoms with Crippen LogP contribution in [0.4, 0.5) is 16.3 Å². The van der Waals surface area contributed by atoms with Crippen LogP contribution >= 0.6 is 0 Å². The second kappa shape index (κ2) is 11.0. The van der Waals surface area contributed by atoms with Gasteiger partial charge in [0.25, 0.3) is 0 Å². The number of nitrogens with zero attached hydrogens (tertiary/aromatic N) is 6. The maximum Gasteiger partial charge on any atom is 0.324 e. The molecule has 10 nitrogen and oxygen atoms in total. The number of amides is 2. The molecule has 206 valence electrons. The summed E-state index contributed by atoms with van der Waals surface area (Å²) < 4.78 is 9.47. The number of benzene rings is 2. The molecule has 10 heteroatoms. The molecular formula is C31H30N8O2. The molecule has 0 saturated heterocycles. The van der Waals surface area contributed by atoms with Gasteiger partial charge in [-0.15, -0.1) is 0 Å². The number of pyridine rings is 1. The van der Waals surface area contributed by atoms with Crippen molar-refractivity contribution in [2.24, 2.45) is 7.05 Å². The maximum atomic E-state index is 13.0. The number of rotatable bonds is 6. The fourth-order valence-electron chi connectivity index (χ4n) is 4.15. The smallest absolute Gasteiger partial charge is 0.324 e. The van der Waals surface area contributed by atoms with E-state index in [0.717, 1.165) is 17.0 Å². The van der Waals surface area contributed by atoms with Crippen molar-refractivity contribution in [1.82, 2.24) is 24.5 Å². The summed E-state index contributed by atoms with van der Waals surface area (Å²) in [6.45, 7) is 8.05. The van der Waals surface area contributed by atoms with Crippen LogP contribution in [-0.4, -0.2) is 30.6 Å². The third-order valence-electron chi connectivity index (χ3n) is 6.31. The Morgan fingerprint density at radius 3 is 2.51 bits per heavy atom. The van der Waals surface area contributed by atoms with Crippen LogP contribution in [0.15, 0.2) is 79.1 Å². The first-order chi connectivity index (χ1) is 19.6. The highest BCUT2D eigenvalue weighted by molar-refractivity contribution is 5.99. The van der Waals surface area contributed by atoms with E-state index in [1.54, 1.807) is 52.0 Å². The molecule has 5 aromatic rings. The van der Waals surface area contributed by atoms with Gasteiger partial charge in [-0.2, -0.15) is 15.5 Å². The molecule has 0 aliphatic heterocycles. The van der Waals surface area contributed by atoms with E-state index in [9.17, 15) is 10.1 Å². The first-order valence-electron chi connectivity index (χ1n) is 13.0. The number of aryl methyl sites for hydroxylation is 2. The first-order valence-corrected chi connectivity index (χ1v) is 13.0. The zero-order chi connectivity index (χ0) is 29.1. The molecule has 0 aliphatic carbocycles. The van der Waals surface area contributed by atoms with E-state index in [2.05, 4.69) is 26.8 Å². The predicted octanol–water partition coefficient (Wildman–Crippen LogP) is 6.58. The molecule has 0 spiro atoms. The molecule has 0 saturated carbocycles. The maximum absolute atomic E-state index is 13.0. The summed E-state index contributed by atoms with van der Waals surface area (Å²) in [6.07, 6.45) is 3.54. The highest BCUT2D eigenvalue weighted by atomic mass is 16.5. The van der Waals surface area contributed by atoms with Crippen LogP contribution in [0.2, 0.25) is 0 Å². The van der Waals surface area contributed by atoms with Gasteiger partial charge in [0.2, 0.25) is 0 Å². The van der Waals surface area contributed by atoms with Gasteiger partial charge in [0.15, 0.2) is 0 Å². The molecule has 3 heterocycles. The SMILES string of the molecule is Cc1cc(NC(=O)Nc2cc(C(C)(C)C)nn2-c2cccc(C#N)c2)ccc1Oc1ccnc(-c2ccn(C)n2)c1. The molecular weight excluding hydrogens is 516 g/mol. The van der Waals surface area contributed by atoms with Gasteiger partial charge in [-0.25, -0.2) is 9.48 Å². The van der Waals surface area contributed by atoms with Crippen molar-refractivity contribution in [1.29, 1.82) is 5.26 Å². The second-order valence-corrected chi connectivity index (χ2v) is 10.7. The van der Waals surface area contributed by atoms with Crippen LogP contribution in [0, 0.1) is 18.3 Å². The Bertz CT molecular complexity index is 1770. The lowest BCUT2D eigenvalue weighted by Gasteiger charge is -2.14. The van der Waals surface area contributed by atoms with E-state index in [1.807, 2.05) is 71.3 Å².